The molecule has 124 valence electrons. The number of carbonyl (C=O) groups is 1. The first-order valence-electron chi connectivity index (χ1n) is 6.87. The standard InChI is InChI=1S/C15H17FN2O3S2/c1-10(2)18(3)23(20,21)14-9-8-13(22-14)17-15(19)11-6-4-5-7-12(11)16/h4-10H,1-3H3,(H,17,19). The highest BCUT2D eigenvalue weighted by molar-refractivity contribution is 7.91. The van der Waals surface area contributed by atoms with Crippen molar-refractivity contribution in [2.24, 2.45) is 0 Å². The molecule has 1 aromatic heterocycles. The lowest BCUT2D eigenvalue weighted by molar-refractivity contribution is 0.102. The summed E-state index contributed by atoms with van der Waals surface area (Å²) in [6, 6.07) is 8.34. The molecule has 0 fully saturated rings. The fourth-order valence-corrected chi connectivity index (χ4v) is 4.52. The second-order valence-corrected chi connectivity index (χ2v) is 8.48. The van der Waals surface area contributed by atoms with Gasteiger partial charge >= 0.3 is 0 Å². The minimum Gasteiger partial charge on any atom is -0.313 e. The molecule has 1 heterocycles. The van der Waals surface area contributed by atoms with Gasteiger partial charge in [-0.3, -0.25) is 4.79 Å². The van der Waals surface area contributed by atoms with E-state index >= 15 is 0 Å². The number of hydrogen-bond donors (Lipinski definition) is 1. The Morgan fingerprint density at radius 1 is 1.22 bits per heavy atom. The van der Waals surface area contributed by atoms with Gasteiger partial charge in [-0.05, 0) is 38.1 Å². The fraction of sp³-hybridized carbons (Fsp3) is 0.267. The van der Waals surface area contributed by atoms with Gasteiger partial charge in [-0.15, -0.1) is 11.3 Å². The van der Waals surface area contributed by atoms with E-state index in [2.05, 4.69) is 5.32 Å². The predicted molar refractivity (Wildman–Crippen MR) is 88.8 cm³/mol. The lowest BCUT2D eigenvalue weighted by atomic mass is 10.2. The molecule has 2 rings (SSSR count). The van der Waals surface area contributed by atoms with Crippen LogP contribution in [0.5, 0.6) is 0 Å². The Morgan fingerprint density at radius 3 is 2.48 bits per heavy atom. The average Bonchev–Trinajstić information content (AvgIpc) is 2.95. The highest BCUT2D eigenvalue weighted by Crippen LogP contribution is 2.29. The van der Waals surface area contributed by atoms with Gasteiger partial charge in [0, 0.05) is 13.1 Å². The van der Waals surface area contributed by atoms with Crippen LogP contribution in [0.2, 0.25) is 0 Å². The van der Waals surface area contributed by atoms with Gasteiger partial charge in [0.25, 0.3) is 15.9 Å². The molecule has 1 N–H and O–H groups in total. The Balaban J connectivity index is 2.21. The summed E-state index contributed by atoms with van der Waals surface area (Å²) in [5, 5.41) is 2.86. The summed E-state index contributed by atoms with van der Waals surface area (Å²) < 4.78 is 39.7. The summed E-state index contributed by atoms with van der Waals surface area (Å²) in [4.78, 5) is 12.0. The fourth-order valence-electron chi connectivity index (χ4n) is 1.77. The zero-order valence-electron chi connectivity index (χ0n) is 12.9. The van der Waals surface area contributed by atoms with E-state index in [-0.39, 0.29) is 15.8 Å². The number of carbonyl (C=O) groups excluding carboxylic acids is 1. The molecule has 0 saturated carbocycles. The zero-order chi connectivity index (χ0) is 17.2. The van der Waals surface area contributed by atoms with E-state index in [1.807, 2.05) is 0 Å². The summed E-state index contributed by atoms with van der Waals surface area (Å²) >= 11 is 0.930. The van der Waals surface area contributed by atoms with Crippen molar-refractivity contribution in [3.05, 3.63) is 47.8 Å². The van der Waals surface area contributed by atoms with Gasteiger partial charge in [-0.25, -0.2) is 12.8 Å². The third-order valence-electron chi connectivity index (χ3n) is 3.30. The van der Waals surface area contributed by atoms with Gasteiger partial charge < -0.3 is 5.32 Å². The molecule has 0 radical (unpaired) electrons. The molecule has 0 aliphatic heterocycles. The maximum Gasteiger partial charge on any atom is 0.259 e. The lowest BCUT2D eigenvalue weighted by Crippen LogP contribution is -2.32. The van der Waals surface area contributed by atoms with E-state index in [4.69, 9.17) is 0 Å². The van der Waals surface area contributed by atoms with E-state index in [0.29, 0.717) is 5.00 Å². The van der Waals surface area contributed by atoms with Crippen LogP contribution in [0.3, 0.4) is 0 Å². The Kier molecular flexibility index (Phi) is 5.18. The van der Waals surface area contributed by atoms with Crippen LogP contribution in [-0.4, -0.2) is 31.7 Å². The van der Waals surface area contributed by atoms with E-state index in [0.717, 1.165) is 11.3 Å². The summed E-state index contributed by atoms with van der Waals surface area (Å²) in [6.45, 7) is 3.54. The number of benzene rings is 1. The number of hydrogen-bond acceptors (Lipinski definition) is 4. The molecule has 1 aromatic carbocycles. The first-order valence-corrected chi connectivity index (χ1v) is 9.13. The third kappa shape index (κ3) is 3.77. The van der Waals surface area contributed by atoms with Crippen LogP contribution in [0, 0.1) is 5.82 Å². The van der Waals surface area contributed by atoms with Crippen molar-refractivity contribution in [1.29, 1.82) is 0 Å². The van der Waals surface area contributed by atoms with Crippen molar-refractivity contribution in [2.75, 3.05) is 12.4 Å². The summed E-state index contributed by atoms with van der Waals surface area (Å²) in [6.07, 6.45) is 0. The van der Waals surface area contributed by atoms with Gasteiger partial charge in [0.2, 0.25) is 0 Å². The maximum absolute atomic E-state index is 13.6. The second kappa shape index (κ2) is 6.77. The van der Waals surface area contributed by atoms with Gasteiger partial charge in [0.05, 0.1) is 10.6 Å². The van der Waals surface area contributed by atoms with Crippen molar-refractivity contribution >= 4 is 32.3 Å². The van der Waals surface area contributed by atoms with Gasteiger partial charge in [-0.1, -0.05) is 12.1 Å². The van der Waals surface area contributed by atoms with Crippen LogP contribution in [0.1, 0.15) is 24.2 Å². The normalized spacial score (nSPS) is 11.9. The molecular weight excluding hydrogens is 339 g/mol. The second-order valence-electron chi connectivity index (χ2n) is 5.17. The summed E-state index contributed by atoms with van der Waals surface area (Å²) in [5.41, 5.74) is -0.0930. The topological polar surface area (TPSA) is 66.5 Å². The summed E-state index contributed by atoms with van der Waals surface area (Å²) in [7, 11) is -2.10. The molecule has 0 bridgehead atoms. The van der Waals surface area contributed by atoms with Crippen LogP contribution in [0.4, 0.5) is 9.39 Å². The van der Waals surface area contributed by atoms with Crippen molar-refractivity contribution in [2.45, 2.75) is 24.1 Å². The quantitative estimate of drug-likeness (QED) is 0.895. The SMILES string of the molecule is CC(C)N(C)S(=O)(=O)c1ccc(NC(=O)c2ccccc2F)s1. The number of amides is 1. The number of nitrogens with one attached hydrogen (secondary N) is 1. The number of rotatable bonds is 5. The monoisotopic (exact) mass is 356 g/mol. The molecule has 1 amide bonds. The van der Waals surface area contributed by atoms with Crippen LogP contribution in [0.15, 0.2) is 40.6 Å². The molecule has 0 aliphatic carbocycles. The Labute approximate surface area is 138 Å². The number of nitrogens with zero attached hydrogens (tertiary/aromatic N) is 1. The molecule has 0 spiro atoms. The maximum atomic E-state index is 13.6. The van der Waals surface area contributed by atoms with E-state index in [9.17, 15) is 17.6 Å². The molecule has 0 aliphatic rings. The molecule has 23 heavy (non-hydrogen) atoms. The van der Waals surface area contributed by atoms with Crippen molar-refractivity contribution < 1.29 is 17.6 Å². The number of sulfonamides is 1. The van der Waals surface area contributed by atoms with Crippen molar-refractivity contribution in [1.82, 2.24) is 4.31 Å². The van der Waals surface area contributed by atoms with Crippen molar-refractivity contribution in [3.63, 3.8) is 0 Å². The third-order valence-corrected chi connectivity index (χ3v) is 6.80. The Hall–Kier alpha value is -1.77. The highest BCUT2D eigenvalue weighted by Gasteiger charge is 2.25. The van der Waals surface area contributed by atoms with Gasteiger partial charge in [-0.2, -0.15) is 4.31 Å². The average molecular weight is 356 g/mol. The lowest BCUT2D eigenvalue weighted by Gasteiger charge is -2.19. The number of thiophene rings is 1. The van der Waals surface area contributed by atoms with E-state index < -0.39 is 21.7 Å². The molecule has 0 unspecified atom stereocenters. The smallest absolute Gasteiger partial charge is 0.259 e. The minimum absolute atomic E-state index is 0.0930. The van der Waals surface area contributed by atoms with Gasteiger partial charge in [0.1, 0.15) is 10.0 Å². The minimum atomic E-state index is -3.60. The number of anilines is 1. The molecule has 5 nitrogen and oxygen atoms in total. The van der Waals surface area contributed by atoms with Crippen LogP contribution < -0.4 is 5.32 Å². The zero-order valence-corrected chi connectivity index (χ0v) is 14.5. The van der Waals surface area contributed by atoms with Crippen LogP contribution in [-0.2, 0) is 10.0 Å². The largest absolute Gasteiger partial charge is 0.313 e. The van der Waals surface area contributed by atoms with E-state index in [1.165, 1.54) is 41.7 Å². The summed E-state index contributed by atoms with van der Waals surface area (Å²) in [5.74, 6) is -1.25. The Bertz CT molecular complexity index is 816. The van der Waals surface area contributed by atoms with Crippen LogP contribution in [0.25, 0.3) is 0 Å². The van der Waals surface area contributed by atoms with Crippen molar-refractivity contribution in [3.8, 4) is 0 Å². The molecule has 8 heteroatoms. The molecule has 2 aromatic rings. The Morgan fingerprint density at radius 2 is 1.87 bits per heavy atom. The molecule has 0 saturated heterocycles. The first kappa shape index (κ1) is 17.6. The molecule has 0 atom stereocenters. The predicted octanol–water partition coefficient (Wildman–Crippen LogP) is 3.17. The van der Waals surface area contributed by atoms with Crippen LogP contribution >= 0.6 is 11.3 Å². The van der Waals surface area contributed by atoms with Gasteiger partial charge in [0.15, 0.2) is 0 Å². The number of halogens is 1. The van der Waals surface area contributed by atoms with E-state index in [1.54, 1.807) is 19.9 Å². The highest BCUT2D eigenvalue weighted by atomic mass is 32.2. The first-order chi connectivity index (χ1) is 10.7. The molecular formula is C15H17FN2O3S2.